The third kappa shape index (κ3) is 9.18. The lowest BCUT2D eigenvalue weighted by Gasteiger charge is -2.13. The standard InChI is InChI=1S/C24H34N2O4/c1-3-5-6-9-15-29-21-12-10-11-20(18-21)25-19-24(27)26-22-13-7-8-14-23(22)30-17-16-28-4-2/h7-8,10-14,18,25H,3-6,9,15-17,19H2,1-2H3,(H,26,27). The Morgan fingerprint density at radius 1 is 0.900 bits per heavy atom. The molecular formula is C24H34N2O4. The first-order valence-electron chi connectivity index (χ1n) is 10.8. The minimum atomic E-state index is -0.151. The molecule has 2 aromatic rings. The van der Waals surface area contributed by atoms with Gasteiger partial charge in [-0.3, -0.25) is 4.79 Å². The normalized spacial score (nSPS) is 10.5. The highest BCUT2D eigenvalue weighted by molar-refractivity contribution is 5.95. The summed E-state index contributed by atoms with van der Waals surface area (Å²) in [7, 11) is 0. The number of carbonyl (C=O) groups is 1. The molecule has 0 aliphatic heterocycles. The number of ether oxygens (including phenoxy) is 3. The molecule has 0 bridgehead atoms. The van der Waals surface area contributed by atoms with Crippen molar-refractivity contribution in [3.8, 4) is 11.5 Å². The van der Waals surface area contributed by atoms with Crippen molar-refractivity contribution in [3.63, 3.8) is 0 Å². The maximum atomic E-state index is 12.4. The molecule has 0 unspecified atom stereocenters. The summed E-state index contributed by atoms with van der Waals surface area (Å²) in [6, 6.07) is 15.1. The average Bonchev–Trinajstić information content (AvgIpc) is 2.76. The van der Waals surface area contributed by atoms with Crippen LogP contribution in [0.1, 0.15) is 39.5 Å². The molecular weight excluding hydrogens is 380 g/mol. The van der Waals surface area contributed by atoms with E-state index in [0.29, 0.717) is 37.9 Å². The molecule has 0 spiro atoms. The molecule has 0 saturated carbocycles. The van der Waals surface area contributed by atoms with Crippen molar-refractivity contribution < 1.29 is 19.0 Å². The predicted molar refractivity (Wildman–Crippen MR) is 122 cm³/mol. The molecule has 0 aliphatic rings. The Morgan fingerprint density at radius 2 is 1.77 bits per heavy atom. The first-order chi connectivity index (χ1) is 14.7. The number of para-hydroxylation sites is 2. The molecule has 6 nitrogen and oxygen atoms in total. The number of anilines is 2. The van der Waals surface area contributed by atoms with Crippen LogP contribution in [0.5, 0.6) is 11.5 Å². The maximum absolute atomic E-state index is 12.4. The summed E-state index contributed by atoms with van der Waals surface area (Å²) in [5, 5.41) is 6.03. The van der Waals surface area contributed by atoms with E-state index < -0.39 is 0 Å². The molecule has 6 heteroatoms. The summed E-state index contributed by atoms with van der Waals surface area (Å²) in [5.74, 6) is 1.29. The van der Waals surface area contributed by atoms with Crippen LogP contribution in [0.3, 0.4) is 0 Å². The van der Waals surface area contributed by atoms with Crippen LogP contribution in [0, 0.1) is 0 Å². The van der Waals surface area contributed by atoms with Gasteiger partial charge in [0.05, 0.1) is 25.4 Å². The summed E-state index contributed by atoms with van der Waals surface area (Å²) in [5.41, 5.74) is 1.49. The van der Waals surface area contributed by atoms with E-state index >= 15 is 0 Å². The highest BCUT2D eigenvalue weighted by Gasteiger charge is 2.08. The summed E-state index contributed by atoms with van der Waals surface area (Å²) >= 11 is 0. The molecule has 1 amide bonds. The molecule has 2 rings (SSSR count). The van der Waals surface area contributed by atoms with Gasteiger partial charge in [-0.15, -0.1) is 0 Å². The Labute approximate surface area is 179 Å². The number of carbonyl (C=O) groups excluding carboxylic acids is 1. The van der Waals surface area contributed by atoms with Crippen molar-refractivity contribution in [1.82, 2.24) is 0 Å². The van der Waals surface area contributed by atoms with Crippen molar-refractivity contribution in [2.75, 3.05) is 43.6 Å². The van der Waals surface area contributed by atoms with Crippen molar-refractivity contribution in [2.45, 2.75) is 39.5 Å². The highest BCUT2D eigenvalue weighted by Crippen LogP contribution is 2.24. The second-order valence-corrected chi connectivity index (χ2v) is 6.88. The third-order valence-corrected chi connectivity index (χ3v) is 4.40. The Balaban J connectivity index is 1.79. The average molecular weight is 415 g/mol. The summed E-state index contributed by atoms with van der Waals surface area (Å²) < 4.78 is 16.8. The van der Waals surface area contributed by atoms with Gasteiger partial charge in [0.15, 0.2) is 0 Å². The molecule has 0 saturated heterocycles. The maximum Gasteiger partial charge on any atom is 0.243 e. The minimum Gasteiger partial charge on any atom is -0.494 e. The Bertz CT molecular complexity index is 751. The van der Waals surface area contributed by atoms with Crippen LogP contribution < -0.4 is 20.1 Å². The number of unbranched alkanes of at least 4 members (excludes halogenated alkanes) is 3. The zero-order valence-corrected chi connectivity index (χ0v) is 18.1. The molecule has 0 heterocycles. The Morgan fingerprint density at radius 3 is 2.60 bits per heavy atom. The minimum absolute atomic E-state index is 0.146. The van der Waals surface area contributed by atoms with Crippen LogP contribution in [0.4, 0.5) is 11.4 Å². The third-order valence-electron chi connectivity index (χ3n) is 4.40. The fourth-order valence-electron chi connectivity index (χ4n) is 2.84. The lowest BCUT2D eigenvalue weighted by Crippen LogP contribution is -2.22. The van der Waals surface area contributed by atoms with Crippen LogP contribution in [-0.2, 0) is 9.53 Å². The van der Waals surface area contributed by atoms with E-state index in [-0.39, 0.29) is 12.5 Å². The van der Waals surface area contributed by atoms with Gasteiger partial charge >= 0.3 is 0 Å². The highest BCUT2D eigenvalue weighted by atomic mass is 16.5. The lowest BCUT2D eigenvalue weighted by molar-refractivity contribution is -0.114. The first-order valence-corrected chi connectivity index (χ1v) is 10.8. The first kappa shape index (κ1) is 23.5. The molecule has 0 atom stereocenters. The van der Waals surface area contributed by atoms with Crippen LogP contribution in [0.2, 0.25) is 0 Å². The van der Waals surface area contributed by atoms with Gasteiger partial charge < -0.3 is 24.8 Å². The van der Waals surface area contributed by atoms with E-state index in [9.17, 15) is 4.79 Å². The molecule has 2 aromatic carbocycles. The Kier molecular flexibility index (Phi) is 11.2. The SMILES string of the molecule is CCCCCCOc1cccc(NCC(=O)Nc2ccccc2OCCOCC)c1. The van der Waals surface area contributed by atoms with Gasteiger partial charge in [-0.1, -0.05) is 44.4 Å². The molecule has 164 valence electrons. The van der Waals surface area contributed by atoms with E-state index in [4.69, 9.17) is 14.2 Å². The smallest absolute Gasteiger partial charge is 0.243 e. The molecule has 30 heavy (non-hydrogen) atoms. The molecule has 0 aliphatic carbocycles. The van der Waals surface area contributed by atoms with Gasteiger partial charge in [0.25, 0.3) is 0 Å². The zero-order valence-electron chi connectivity index (χ0n) is 18.1. The lowest BCUT2D eigenvalue weighted by atomic mass is 10.2. The van der Waals surface area contributed by atoms with Gasteiger partial charge in [0.2, 0.25) is 5.91 Å². The fraction of sp³-hybridized carbons (Fsp3) is 0.458. The number of nitrogens with one attached hydrogen (secondary N) is 2. The van der Waals surface area contributed by atoms with Crippen molar-refractivity contribution in [1.29, 1.82) is 0 Å². The van der Waals surface area contributed by atoms with E-state index in [1.54, 1.807) is 0 Å². The molecule has 0 aromatic heterocycles. The van der Waals surface area contributed by atoms with Gasteiger partial charge in [-0.25, -0.2) is 0 Å². The second kappa shape index (κ2) is 14.3. The molecule has 0 radical (unpaired) electrons. The van der Waals surface area contributed by atoms with E-state index in [1.807, 2.05) is 55.5 Å². The van der Waals surface area contributed by atoms with Gasteiger partial charge in [0, 0.05) is 18.4 Å². The number of benzene rings is 2. The van der Waals surface area contributed by atoms with Crippen molar-refractivity contribution >= 4 is 17.3 Å². The van der Waals surface area contributed by atoms with E-state index in [1.165, 1.54) is 19.3 Å². The van der Waals surface area contributed by atoms with Crippen molar-refractivity contribution in [3.05, 3.63) is 48.5 Å². The van der Waals surface area contributed by atoms with Crippen LogP contribution in [0.25, 0.3) is 0 Å². The van der Waals surface area contributed by atoms with E-state index in [2.05, 4.69) is 17.6 Å². The van der Waals surface area contributed by atoms with Crippen molar-refractivity contribution in [2.24, 2.45) is 0 Å². The zero-order chi connectivity index (χ0) is 21.4. The summed E-state index contributed by atoms with van der Waals surface area (Å²) in [6.07, 6.45) is 4.69. The largest absolute Gasteiger partial charge is 0.494 e. The van der Waals surface area contributed by atoms with Gasteiger partial charge in [-0.2, -0.15) is 0 Å². The molecule has 0 fully saturated rings. The fourth-order valence-corrected chi connectivity index (χ4v) is 2.84. The predicted octanol–water partition coefficient (Wildman–Crippen LogP) is 5.11. The number of hydrogen-bond acceptors (Lipinski definition) is 5. The second-order valence-electron chi connectivity index (χ2n) is 6.88. The van der Waals surface area contributed by atoms with Crippen LogP contribution in [-0.4, -0.2) is 38.9 Å². The van der Waals surface area contributed by atoms with Gasteiger partial charge in [-0.05, 0) is 37.6 Å². The summed E-state index contributed by atoms with van der Waals surface area (Å²) in [6.45, 7) is 6.59. The van der Waals surface area contributed by atoms with Crippen LogP contribution in [0.15, 0.2) is 48.5 Å². The Hall–Kier alpha value is -2.73. The number of hydrogen-bond donors (Lipinski definition) is 2. The monoisotopic (exact) mass is 414 g/mol. The number of amides is 1. The van der Waals surface area contributed by atoms with Crippen LogP contribution >= 0.6 is 0 Å². The summed E-state index contributed by atoms with van der Waals surface area (Å²) in [4.78, 5) is 12.4. The van der Waals surface area contributed by atoms with E-state index in [0.717, 1.165) is 17.9 Å². The molecule has 2 N–H and O–H groups in total. The van der Waals surface area contributed by atoms with Gasteiger partial charge in [0.1, 0.15) is 18.1 Å². The number of rotatable bonds is 15. The quantitative estimate of drug-likeness (QED) is 0.396. The topological polar surface area (TPSA) is 68.8 Å².